The summed E-state index contributed by atoms with van der Waals surface area (Å²) in [7, 11) is 7.54. The Bertz CT molecular complexity index is 607. The molecule has 1 amide bonds. The molecule has 1 saturated heterocycles. The number of carbonyl (C=O) groups is 1. The maximum Gasteiger partial charge on any atom is 0.243 e. The molecule has 0 bridgehead atoms. The third-order valence-corrected chi connectivity index (χ3v) is 4.71. The van der Waals surface area contributed by atoms with E-state index in [4.69, 9.17) is 4.74 Å². The largest absolute Gasteiger partial charge is 0.379 e. The third-order valence-electron chi connectivity index (χ3n) is 4.71. The number of aryl methyl sites for hydroxylation is 1. The molecule has 0 aromatic carbocycles. The summed E-state index contributed by atoms with van der Waals surface area (Å²) < 4.78 is 7.48. The Kier molecular flexibility index (Phi) is 8.60. The van der Waals surface area contributed by atoms with Crippen LogP contribution in [0.4, 0.5) is 0 Å². The first-order valence-corrected chi connectivity index (χ1v) is 9.57. The van der Waals surface area contributed by atoms with Crippen molar-refractivity contribution in [3.63, 3.8) is 0 Å². The second-order valence-corrected chi connectivity index (χ2v) is 7.13. The Morgan fingerprint density at radius 2 is 2.04 bits per heavy atom. The lowest BCUT2D eigenvalue weighted by molar-refractivity contribution is -0.127. The molecule has 1 aromatic rings. The van der Waals surface area contributed by atoms with Crippen LogP contribution in [0.1, 0.15) is 12.1 Å². The van der Waals surface area contributed by atoms with E-state index < -0.39 is 0 Å². The zero-order valence-corrected chi connectivity index (χ0v) is 17.1. The van der Waals surface area contributed by atoms with E-state index in [0.717, 1.165) is 58.3 Å². The average molecular weight is 379 g/mol. The molecule has 1 aromatic heterocycles. The molecule has 27 heavy (non-hydrogen) atoms. The smallest absolute Gasteiger partial charge is 0.243 e. The van der Waals surface area contributed by atoms with Crippen LogP contribution in [0.5, 0.6) is 0 Å². The molecule has 1 N–H and O–H groups in total. The third kappa shape index (κ3) is 7.22. The van der Waals surface area contributed by atoms with Gasteiger partial charge in [-0.05, 0) is 25.1 Å². The van der Waals surface area contributed by atoms with E-state index in [1.54, 1.807) is 19.0 Å². The molecule has 0 saturated carbocycles. The van der Waals surface area contributed by atoms with Crippen LogP contribution in [0.15, 0.2) is 23.3 Å². The second kappa shape index (κ2) is 10.9. The Labute approximate surface area is 162 Å². The van der Waals surface area contributed by atoms with Crippen molar-refractivity contribution in [1.82, 2.24) is 24.6 Å². The molecule has 0 unspecified atom stereocenters. The van der Waals surface area contributed by atoms with Gasteiger partial charge in [-0.25, -0.2) is 4.99 Å². The number of hydrogen-bond acceptors (Lipinski definition) is 4. The molecule has 2 heterocycles. The van der Waals surface area contributed by atoms with Crippen molar-refractivity contribution >= 4 is 11.9 Å². The van der Waals surface area contributed by atoms with Gasteiger partial charge in [0, 0.05) is 59.7 Å². The molecule has 2 rings (SSSR count). The molecule has 0 spiro atoms. The fraction of sp³-hybridized carbons (Fsp3) is 0.684. The maximum absolute atomic E-state index is 11.9. The number of aliphatic imine (C=N–C) groups is 1. The summed E-state index contributed by atoms with van der Waals surface area (Å²) in [5.74, 6) is 0.753. The fourth-order valence-electron chi connectivity index (χ4n) is 2.90. The zero-order valence-electron chi connectivity index (χ0n) is 17.1. The van der Waals surface area contributed by atoms with Crippen molar-refractivity contribution in [3.8, 4) is 0 Å². The van der Waals surface area contributed by atoms with Gasteiger partial charge in [-0.3, -0.25) is 9.69 Å². The predicted octanol–water partition coefficient (Wildman–Crippen LogP) is 0.213. The molecule has 8 heteroatoms. The van der Waals surface area contributed by atoms with Gasteiger partial charge in [0.25, 0.3) is 0 Å². The number of ether oxygens (including phenoxy) is 1. The first-order valence-electron chi connectivity index (χ1n) is 9.57. The lowest BCUT2D eigenvalue weighted by atomic mass is 10.3. The summed E-state index contributed by atoms with van der Waals surface area (Å²) in [6.45, 7) is 6.41. The quantitative estimate of drug-likeness (QED) is 0.398. The fourth-order valence-corrected chi connectivity index (χ4v) is 2.90. The topological polar surface area (TPSA) is 65.3 Å². The maximum atomic E-state index is 11.9. The molecule has 8 nitrogen and oxygen atoms in total. The van der Waals surface area contributed by atoms with E-state index in [0.29, 0.717) is 0 Å². The summed E-state index contributed by atoms with van der Waals surface area (Å²) in [4.78, 5) is 22.5. The van der Waals surface area contributed by atoms with Crippen LogP contribution in [0.25, 0.3) is 0 Å². The van der Waals surface area contributed by atoms with E-state index >= 15 is 0 Å². The van der Waals surface area contributed by atoms with Crippen molar-refractivity contribution in [3.05, 3.63) is 24.0 Å². The molecule has 1 fully saturated rings. The summed E-state index contributed by atoms with van der Waals surface area (Å²) in [6, 6.07) is 4.13. The number of rotatable bonds is 8. The van der Waals surface area contributed by atoms with E-state index in [1.165, 1.54) is 5.69 Å². The Balaban J connectivity index is 1.88. The number of guanidine groups is 1. The van der Waals surface area contributed by atoms with Crippen LogP contribution in [0.2, 0.25) is 0 Å². The van der Waals surface area contributed by atoms with Crippen molar-refractivity contribution in [2.24, 2.45) is 12.0 Å². The summed E-state index contributed by atoms with van der Waals surface area (Å²) in [6.07, 6.45) is 3.06. The Morgan fingerprint density at radius 1 is 1.30 bits per heavy atom. The van der Waals surface area contributed by atoms with Gasteiger partial charge in [-0.15, -0.1) is 0 Å². The van der Waals surface area contributed by atoms with E-state index in [9.17, 15) is 4.79 Å². The van der Waals surface area contributed by atoms with Gasteiger partial charge in [0.05, 0.1) is 19.8 Å². The number of carbonyl (C=O) groups excluding carboxylic acids is 1. The minimum atomic E-state index is -0.00474. The molecule has 1 aliphatic rings. The first-order chi connectivity index (χ1) is 13.0. The Morgan fingerprint density at radius 3 is 2.67 bits per heavy atom. The highest BCUT2D eigenvalue weighted by atomic mass is 16.5. The number of aromatic nitrogens is 1. The van der Waals surface area contributed by atoms with E-state index in [2.05, 4.69) is 30.7 Å². The first kappa shape index (κ1) is 21.2. The van der Waals surface area contributed by atoms with Gasteiger partial charge in [0.2, 0.25) is 5.91 Å². The SMILES string of the molecule is CN(C)C(=O)CN=C(NCCCN1CCOCC1)N(C)Cc1cccn1C. The standard InChI is InChI=1S/C19H34N6O2/c1-22(2)18(26)15-21-19(24(4)16-17-7-5-9-23(17)3)20-8-6-10-25-11-13-27-14-12-25/h5,7,9H,6,8,10-16H2,1-4H3,(H,20,21). The van der Waals surface area contributed by atoms with Crippen molar-refractivity contribution < 1.29 is 9.53 Å². The van der Waals surface area contributed by atoms with Gasteiger partial charge >= 0.3 is 0 Å². The van der Waals surface area contributed by atoms with Crippen LogP contribution in [0.3, 0.4) is 0 Å². The van der Waals surface area contributed by atoms with Gasteiger partial charge in [0.1, 0.15) is 6.54 Å². The van der Waals surface area contributed by atoms with E-state index in [1.807, 2.05) is 26.4 Å². The summed E-state index contributed by atoms with van der Waals surface area (Å²) >= 11 is 0. The molecule has 1 aliphatic heterocycles. The average Bonchev–Trinajstić information content (AvgIpc) is 3.06. The summed E-state index contributed by atoms with van der Waals surface area (Å²) in [5.41, 5.74) is 1.19. The normalized spacial score (nSPS) is 15.6. The number of nitrogens with zero attached hydrogens (tertiary/aromatic N) is 5. The monoisotopic (exact) mass is 378 g/mol. The van der Waals surface area contributed by atoms with Gasteiger partial charge in [0.15, 0.2) is 5.96 Å². The molecule has 0 aliphatic carbocycles. The highest BCUT2D eigenvalue weighted by molar-refractivity contribution is 5.84. The van der Waals surface area contributed by atoms with Gasteiger partial charge in [-0.1, -0.05) is 0 Å². The minimum absolute atomic E-state index is 0.00474. The number of likely N-dealkylation sites (N-methyl/N-ethyl adjacent to an activating group) is 1. The molecule has 152 valence electrons. The van der Waals surface area contributed by atoms with Crippen LogP contribution in [0, 0.1) is 0 Å². The molecule has 0 atom stereocenters. The molecule has 0 radical (unpaired) electrons. The van der Waals surface area contributed by atoms with Crippen LogP contribution in [-0.4, -0.2) is 98.2 Å². The minimum Gasteiger partial charge on any atom is -0.379 e. The zero-order chi connectivity index (χ0) is 19.6. The number of nitrogens with one attached hydrogen (secondary N) is 1. The molecular formula is C19H34N6O2. The highest BCUT2D eigenvalue weighted by Gasteiger charge is 2.12. The van der Waals surface area contributed by atoms with Crippen molar-refractivity contribution in [2.75, 3.05) is 67.1 Å². The number of morpholine rings is 1. The van der Waals surface area contributed by atoms with Crippen LogP contribution in [-0.2, 0) is 23.1 Å². The van der Waals surface area contributed by atoms with Gasteiger partial charge in [-0.2, -0.15) is 0 Å². The van der Waals surface area contributed by atoms with Crippen molar-refractivity contribution in [1.29, 1.82) is 0 Å². The van der Waals surface area contributed by atoms with E-state index in [-0.39, 0.29) is 12.5 Å². The van der Waals surface area contributed by atoms with Gasteiger partial charge < -0.3 is 24.4 Å². The number of amides is 1. The predicted molar refractivity (Wildman–Crippen MR) is 108 cm³/mol. The Hall–Kier alpha value is -2.06. The number of hydrogen-bond donors (Lipinski definition) is 1. The lowest BCUT2D eigenvalue weighted by Crippen LogP contribution is -2.42. The van der Waals surface area contributed by atoms with Crippen molar-refractivity contribution in [2.45, 2.75) is 13.0 Å². The van der Waals surface area contributed by atoms with Crippen LogP contribution < -0.4 is 5.32 Å². The second-order valence-electron chi connectivity index (χ2n) is 7.13. The summed E-state index contributed by atoms with van der Waals surface area (Å²) in [5, 5.41) is 3.42. The lowest BCUT2D eigenvalue weighted by Gasteiger charge is -2.27. The van der Waals surface area contributed by atoms with Crippen LogP contribution >= 0.6 is 0 Å². The highest BCUT2D eigenvalue weighted by Crippen LogP contribution is 2.04. The molecular weight excluding hydrogens is 344 g/mol.